The average molecular weight is 297 g/mol. The highest BCUT2D eigenvalue weighted by atomic mass is 16.2. The summed E-state index contributed by atoms with van der Waals surface area (Å²) in [5.41, 5.74) is 2.03. The predicted octanol–water partition coefficient (Wildman–Crippen LogP) is 2.78. The SMILES string of the molecule is CCN(CC)C(C(=O)NCc1cccnc1)c1ccccc1. The Balaban J connectivity index is 2.12. The minimum atomic E-state index is -0.257. The molecule has 0 aliphatic rings. The van der Waals surface area contributed by atoms with E-state index in [0.717, 1.165) is 24.2 Å². The molecule has 0 aliphatic carbocycles. The molecule has 0 radical (unpaired) electrons. The first-order valence-corrected chi connectivity index (χ1v) is 7.71. The third-order valence-electron chi connectivity index (χ3n) is 3.73. The summed E-state index contributed by atoms with van der Waals surface area (Å²) in [6.45, 7) is 6.31. The lowest BCUT2D eigenvalue weighted by molar-refractivity contribution is -0.126. The maximum atomic E-state index is 12.7. The van der Waals surface area contributed by atoms with Gasteiger partial charge in [-0.1, -0.05) is 50.2 Å². The van der Waals surface area contributed by atoms with Crippen LogP contribution in [0.25, 0.3) is 0 Å². The number of likely N-dealkylation sites (N-methyl/N-ethyl adjacent to an activating group) is 1. The zero-order valence-electron chi connectivity index (χ0n) is 13.2. The number of nitrogens with one attached hydrogen (secondary N) is 1. The summed E-state index contributed by atoms with van der Waals surface area (Å²) < 4.78 is 0. The third-order valence-corrected chi connectivity index (χ3v) is 3.73. The summed E-state index contributed by atoms with van der Waals surface area (Å²) in [5.74, 6) is 0.0266. The van der Waals surface area contributed by atoms with Crippen molar-refractivity contribution in [3.8, 4) is 0 Å². The molecule has 0 spiro atoms. The van der Waals surface area contributed by atoms with Crippen molar-refractivity contribution in [1.82, 2.24) is 15.2 Å². The van der Waals surface area contributed by atoms with Gasteiger partial charge in [-0.15, -0.1) is 0 Å². The molecule has 1 atom stereocenters. The monoisotopic (exact) mass is 297 g/mol. The smallest absolute Gasteiger partial charge is 0.242 e. The number of pyridine rings is 1. The van der Waals surface area contributed by atoms with E-state index in [1.54, 1.807) is 12.4 Å². The Kier molecular flexibility index (Phi) is 6.10. The van der Waals surface area contributed by atoms with Crippen molar-refractivity contribution in [2.24, 2.45) is 0 Å². The zero-order chi connectivity index (χ0) is 15.8. The molecular formula is C18H23N3O. The highest BCUT2D eigenvalue weighted by molar-refractivity contribution is 5.83. The van der Waals surface area contributed by atoms with Crippen LogP contribution in [0.15, 0.2) is 54.9 Å². The second-order valence-electron chi connectivity index (χ2n) is 5.11. The minimum absolute atomic E-state index is 0.0266. The van der Waals surface area contributed by atoms with E-state index in [4.69, 9.17) is 0 Å². The fourth-order valence-electron chi connectivity index (χ4n) is 2.54. The largest absolute Gasteiger partial charge is 0.350 e. The van der Waals surface area contributed by atoms with Gasteiger partial charge in [0.1, 0.15) is 6.04 Å². The molecule has 4 nitrogen and oxygen atoms in total. The van der Waals surface area contributed by atoms with Crippen LogP contribution in [0.5, 0.6) is 0 Å². The molecule has 1 unspecified atom stereocenters. The van der Waals surface area contributed by atoms with Crippen LogP contribution < -0.4 is 5.32 Å². The molecule has 2 rings (SSSR count). The Bertz CT molecular complexity index is 567. The van der Waals surface area contributed by atoms with E-state index < -0.39 is 0 Å². The van der Waals surface area contributed by atoms with Crippen molar-refractivity contribution in [3.63, 3.8) is 0 Å². The number of carbonyl (C=O) groups excluding carboxylic acids is 1. The molecule has 4 heteroatoms. The van der Waals surface area contributed by atoms with Crippen LogP contribution in [-0.2, 0) is 11.3 Å². The first kappa shape index (κ1) is 16.2. The highest BCUT2D eigenvalue weighted by Gasteiger charge is 2.25. The summed E-state index contributed by atoms with van der Waals surface area (Å²) in [5, 5.41) is 3.03. The van der Waals surface area contributed by atoms with Gasteiger partial charge in [0.2, 0.25) is 5.91 Å². The number of hydrogen-bond acceptors (Lipinski definition) is 3. The molecule has 2 aromatic rings. The standard InChI is InChI=1S/C18H23N3O/c1-3-21(4-2)17(16-10-6-5-7-11-16)18(22)20-14-15-9-8-12-19-13-15/h5-13,17H,3-4,14H2,1-2H3,(H,20,22). The Morgan fingerprint density at radius 1 is 1.14 bits per heavy atom. The second kappa shape index (κ2) is 8.29. The van der Waals surface area contributed by atoms with Crippen LogP contribution >= 0.6 is 0 Å². The van der Waals surface area contributed by atoms with Gasteiger partial charge in [-0.3, -0.25) is 14.7 Å². The van der Waals surface area contributed by atoms with Gasteiger partial charge in [0.15, 0.2) is 0 Å². The number of hydrogen-bond donors (Lipinski definition) is 1. The third kappa shape index (κ3) is 4.15. The molecule has 1 aromatic carbocycles. The van der Waals surface area contributed by atoms with Crippen molar-refractivity contribution in [1.29, 1.82) is 0 Å². The first-order chi connectivity index (χ1) is 10.8. The molecule has 1 amide bonds. The maximum absolute atomic E-state index is 12.7. The first-order valence-electron chi connectivity index (χ1n) is 7.71. The van der Waals surface area contributed by atoms with Crippen molar-refractivity contribution in [2.45, 2.75) is 26.4 Å². The molecule has 116 valence electrons. The number of rotatable bonds is 7. The van der Waals surface area contributed by atoms with Crippen LogP contribution in [0.4, 0.5) is 0 Å². The maximum Gasteiger partial charge on any atom is 0.242 e. The Hall–Kier alpha value is -2.20. The van der Waals surface area contributed by atoms with Gasteiger partial charge in [0, 0.05) is 18.9 Å². The summed E-state index contributed by atoms with van der Waals surface area (Å²) in [6, 6.07) is 13.5. The zero-order valence-corrected chi connectivity index (χ0v) is 13.2. The Morgan fingerprint density at radius 2 is 1.86 bits per heavy atom. The van der Waals surface area contributed by atoms with E-state index in [1.807, 2.05) is 42.5 Å². The highest BCUT2D eigenvalue weighted by Crippen LogP contribution is 2.20. The molecule has 0 saturated carbocycles. The number of carbonyl (C=O) groups is 1. The normalized spacial score (nSPS) is 12.1. The van der Waals surface area contributed by atoms with Crippen LogP contribution in [0.2, 0.25) is 0 Å². The fraction of sp³-hybridized carbons (Fsp3) is 0.333. The van der Waals surface area contributed by atoms with Gasteiger partial charge in [-0.05, 0) is 30.3 Å². The fourth-order valence-corrected chi connectivity index (χ4v) is 2.54. The molecule has 1 aromatic heterocycles. The van der Waals surface area contributed by atoms with E-state index >= 15 is 0 Å². The molecular weight excluding hydrogens is 274 g/mol. The lowest BCUT2D eigenvalue weighted by Crippen LogP contribution is -2.40. The van der Waals surface area contributed by atoms with E-state index in [-0.39, 0.29) is 11.9 Å². The molecule has 1 N–H and O–H groups in total. The van der Waals surface area contributed by atoms with Crippen molar-refractivity contribution in [3.05, 3.63) is 66.0 Å². The van der Waals surface area contributed by atoms with E-state index in [9.17, 15) is 4.79 Å². The number of amides is 1. The lowest BCUT2D eigenvalue weighted by Gasteiger charge is -2.29. The van der Waals surface area contributed by atoms with Gasteiger partial charge in [-0.2, -0.15) is 0 Å². The minimum Gasteiger partial charge on any atom is -0.350 e. The van der Waals surface area contributed by atoms with Gasteiger partial charge < -0.3 is 5.32 Å². The van der Waals surface area contributed by atoms with Gasteiger partial charge in [-0.25, -0.2) is 0 Å². The summed E-state index contributed by atoms with van der Waals surface area (Å²) in [4.78, 5) is 18.9. The van der Waals surface area contributed by atoms with Crippen molar-refractivity contribution in [2.75, 3.05) is 13.1 Å². The average Bonchev–Trinajstić information content (AvgIpc) is 2.59. The van der Waals surface area contributed by atoms with Gasteiger partial charge in [0.25, 0.3) is 0 Å². The number of aromatic nitrogens is 1. The molecule has 0 fully saturated rings. The molecule has 0 aliphatic heterocycles. The molecule has 1 heterocycles. The van der Waals surface area contributed by atoms with Crippen LogP contribution in [0, 0.1) is 0 Å². The van der Waals surface area contributed by atoms with E-state index in [2.05, 4.69) is 29.0 Å². The van der Waals surface area contributed by atoms with E-state index in [0.29, 0.717) is 6.54 Å². The Morgan fingerprint density at radius 3 is 2.45 bits per heavy atom. The van der Waals surface area contributed by atoms with E-state index in [1.165, 1.54) is 0 Å². The number of benzene rings is 1. The second-order valence-corrected chi connectivity index (χ2v) is 5.11. The van der Waals surface area contributed by atoms with Crippen LogP contribution in [-0.4, -0.2) is 28.9 Å². The van der Waals surface area contributed by atoms with Crippen LogP contribution in [0.3, 0.4) is 0 Å². The molecule has 22 heavy (non-hydrogen) atoms. The summed E-state index contributed by atoms with van der Waals surface area (Å²) >= 11 is 0. The Labute approximate surface area is 132 Å². The van der Waals surface area contributed by atoms with Crippen molar-refractivity contribution >= 4 is 5.91 Å². The lowest BCUT2D eigenvalue weighted by atomic mass is 10.0. The van der Waals surface area contributed by atoms with Gasteiger partial charge in [0.05, 0.1) is 0 Å². The van der Waals surface area contributed by atoms with Gasteiger partial charge >= 0.3 is 0 Å². The quantitative estimate of drug-likeness (QED) is 0.854. The number of nitrogens with zero attached hydrogens (tertiary/aromatic N) is 2. The van der Waals surface area contributed by atoms with Crippen LogP contribution in [0.1, 0.15) is 31.0 Å². The van der Waals surface area contributed by atoms with Crippen molar-refractivity contribution < 1.29 is 4.79 Å². The molecule has 0 bridgehead atoms. The topological polar surface area (TPSA) is 45.2 Å². The predicted molar refractivity (Wildman–Crippen MR) is 88.2 cm³/mol. The molecule has 0 saturated heterocycles. The summed E-state index contributed by atoms with van der Waals surface area (Å²) in [6.07, 6.45) is 3.50. The summed E-state index contributed by atoms with van der Waals surface area (Å²) in [7, 11) is 0.